The Bertz CT molecular complexity index is 676. The largest absolute Gasteiger partial charge is 0.387 e. The second-order valence-corrected chi connectivity index (χ2v) is 8.56. The summed E-state index contributed by atoms with van der Waals surface area (Å²) in [5.41, 5.74) is 0.566. The van der Waals surface area contributed by atoms with Gasteiger partial charge in [0.15, 0.2) is 14.6 Å². The first-order valence-electron chi connectivity index (χ1n) is 7.38. The highest BCUT2D eigenvalue weighted by molar-refractivity contribution is 7.92. The minimum Gasteiger partial charge on any atom is -0.387 e. The maximum Gasteiger partial charge on any atom is 0.241 e. The summed E-state index contributed by atoms with van der Waals surface area (Å²) >= 11 is 5.87. The van der Waals surface area contributed by atoms with Crippen molar-refractivity contribution in [1.29, 1.82) is 0 Å². The molecule has 1 aromatic carbocycles. The van der Waals surface area contributed by atoms with Crippen molar-refractivity contribution in [3.05, 3.63) is 34.9 Å². The molecule has 6 nitrogen and oxygen atoms in total. The van der Waals surface area contributed by atoms with Crippen LogP contribution in [0.25, 0.3) is 0 Å². The van der Waals surface area contributed by atoms with Gasteiger partial charge in [-0.05, 0) is 43.6 Å². The molecular weight excluding hydrogens is 375 g/mol. The molecule has 3 N–H and O–H groups in total. The molecule has 9 heteroatoms. The zero-order valence-corrected chi connectivity index (χ0v) is 15.7. The second-order valence-electron chi connectivity index (χ2n) is 5.80. The molecule has 1 atom stereocenters. The van der Waals surface area contributed by atoms with Crippen LogP contribution in [0.2, 0.25) is 5.02 Å². The van der Waals surface area contributed by atoms with Crippen molar-refractivity contribution in [1.82, 2.24) is 10.6 Å². The Balaban J connectivity index is 0.00000288. The van der Waals surface area contributed by atoms with Gasteiger partial charge >= 0.3 is 0 Å². The van der Waals surface area contributed by atoms with Gasteiger partial charge < -0.3 is 15.7 Å². The fourth-order valence-corrected chi connectivity index (χ4v) is 4.33. The van der Waals surface area contributed by atoms with E-state index in [1.54, 1.807) is 24.3 Å². The second kappa shape index (κ2) is 8.49. The van der Waals surface area contributed by atoms with Crippen LogP contribution >= 0.6 is 24.0 Å². The van der Waals surface area contributed by atoms with Gasteiger partial charge in [-0.2, -0.15) is 0 Å². The molecule has 1 unspecified atom stereocenters. The van der Waals surface area contributed by atoms with E-state index in [1.807, 2.05) is 0 Å². The van der Waals surface area contributed by atoms with Gasteiger partial charge in [-0.15, -0.1) is 12.4 Å². The van der Waals surface area contributed by atoms with Crippen molar-refractivity contribution in [2.24, 2.45) is 0 Å². The van der Waals surface area contributed by atoms with E-state index < -0.39 is 26.6 Å². The highest BCUT2D eigenvalue weighted by Crippen LogP contribution is 2.28. The molecule has 2 rings (SSSR count). The number of amides is 1. The molecule has 24 heavy (non-hydrogen) atoms. The van der Waals surface area contributed by atoms with Crippen LogP contribution in [0, 0.1) is 0 Å². The Morgan fingerprint density at radius 1 is 1.42 bits per heavy atom. The molecule has 0 spiro atoms. The summed E-state index contributed by atoms with van der Waals surface area (Å²) in [7, 11) is -3.56. The first-order chi connectivity index (χ1) is 10.8. The lowest BCUT2D eigenvalue weighted by Crippen LogP contribution is -2.57. The van der Waals surface area contributed by atoms with Crippen LogP contribution in [0.4, 0.5) is 0 Å². The third kappa shape index (κ3) is 4.61. The third-order valence-corrected chi connectivity index (χ3v) is 6.47. The molecule has 0 aromatic heterocycles. The lowest BCUT2D eigenvalue weighted by atomic mass is 9.95. The molecule has 1 aliphatic heterocycles. The molecule has 1 heterocycles. The average Bonchev–Trinajstić information content (AvgIpc) is 2.51. The smallest absolute Gasteiger partial charge is 0.241 e. The highest BCUT2D eigenvalue weighted by Gasteiger charge is 2.48. The highest BCUT2D eigenvalue weighted by atomic mass is 35.5. The maximum atomic E-state index is 12.5. The molecule has 136 valence electrons. The summed E-state index contributed by atoms with van der Waals surface area (Å²) in [6.07, 6.45) is 0.595. The van der Waals surface area contributed by atoms with E-state index in [4.69, 9.17) is 11.6 Å². The molecule has 1 saturated heterocycles. The summed E-state index contributed by atoms with van der Waals surface area (Å²) in [5, 5.41) is 16.3. The topological polar surface area (TPSA) is 95.5 Å². The maximum absolute atomic E-state index is 12.5. The van der Waals surface area contributed by atoms with E-state index in [0.29, 0.717) is 23.7 Å². The monoisotopic (exact) mass is 396 g/mol. The van der Waals surface area contributed by atoms with Crippen molar-refractivity contribution >= 4 is 39.8 Å². The summed E-state index contributed by atoms with van der Waals surface area (Å²) in [5.74, 6) is -0.553. The number of hydrogen-bond donors (Lipinski definition) is 3. The van der Waals surface area contributed by atoms with Crippen LogP contribution in [-0.2, 0) is 14.6 Å². The van der Waals surface area contributed by atoms with Gasteiger partial charge in [0.1, 0.15) is 0 Å². The van der Waals surface area contributed by atoms with E-state index in [2.05, 4.69) is 10.6 Å². The number of carbonyl (C=O) groups excluding carboxylic acids is 1. The predicted molar refractivity (Wildman–Crippen MR) is 96.3 cm³/mol. The normalized spacial score (nSPS) is 18.3. The van der Waals surface area contributed by atoms with Gasteiger partial charge in [0.2, 0.25) is 5.91 Å². The number of aliphatic hydroxyl groups excluding tert-OH is 1. The molecule has 0 bridgehead atoms. The van der Waals surface area contributed by atoms with E-state index >= 15 is 0 Å². The number of sulfone groups is 1. The van der Waals surface area contributed by atoms with Crippen LogP contribution in [0.15, 0.2) is 24.3 Å². The Morgan fingerprint density at radius 2 is 2.04 bits per heavy atom. The Labute approximate surface area is 153 Å². The van der Waals surface area contributed by atoms with Crippen LogP contribution in [0.3, 0.4) is 0 Å². The number of nitrogens with one attached hydrogen (secondary N) is 2. The zero-order valence-electron chi connectivity index (χ0n) is 13.3. The number of halogens is 2. The Kier molecular flexibility index (Phi) is 7.49. The van der Waals surface area contributed by atoms with E-state index in [-0.39, 0.29) is 31.8 Å². The number of piperidine rings is 1. The zero-order chi connectivity index (χ0) is 17.1. The molecule has 1 aliphatic rings. The van der Waals surface area contributed by atoms with E-state index in [0.717, 1.165) is 6.26 Å². The van der Waals surface area contributed by atoms with Gasteiger partial charge in [0, 0.05) is 17.8 Å². The quantitative estimate of drug-likeness (QED) is 0.691. The molecule has 0 aliphatic carbocycles. The van der Waals surface area contributed by atoms with Gasteiger partial charge in [-0.1, -0.05) is 23.7 Å². The molecule has 1 amide bonds. The van der Waals surface area contributed by atoms with Gasteiger partial charge in [-0.25, -0.2) is 8.42 Å². The number of rotatable bonds is 5. The van der Waals surface area contributed by atoms with E-state index in [1.165, 1.54) is 0 Å². The summed E-state index contributed by atoms with van der Waals surface area (Å²) in [6.45, 7) is 0.874. The molecule has 1 fully saturated rings. The standard InChI is InChI=1S/C15H21ClN2O4S.ClH/c1-23(21,22)15(5-7-17-8-6-15)14(20)18-10-13(19)11-3-2-4-12(16)9-11;/h2-4,9,13,17,19H,5-8,10H2,1H3,(H,18,20);1H. The van der Waals surface area contributed by atoms with Gasteiger partial charge in [-0.3, -0.25) is 4.79 Å². The van der Waals surface area contributed by atoms with Crippen molar-refractivity contribution in [2.75, 3.05) is 25.9 Å². The first kappa shape index (κ1) is 21.2. The molecule has 0 radical (unpaired) electrons. The fourth-order valence-electron chi connectivity index (χ4n) is 2.78. The van der Waals surface area contributed by atoms with Gasteiger partial charge in [0.25, 0.3) is 0 Å². The van der Waals surface area contributed by atoms with Crippen LogP contribution in [-0.4, -0.2) is 50.1 Å². The van der Waals surface area contributed by atoms with E-state index in [9.17, 15) is 18.3 Å². The van der Waals surface area contributed by atoms with Gasteiger partial charge in [0.05, 0.1) is 6.10 Å². The average molecular weight is 397 g/mol. The lowest BCUT2D eigenvalue weighted by Gasteiger charge is -2.34. The number of aliphatic hydroxyl groups is 1. The minimum atomic E-state index is -3.56. The van der Waals surface area contributed by atoms with Crippen LogP contribution in [0.1, 0.15) is 24.5 Å². The molecular formula is C15H22Cl2N2O4S. The van der Waals surface area contributed by atoms with Crippen LogP contribution in [0.5, 0.6) is 0 Å². The predicted octanol–water partition coefficient (Wildman–Crippen LogP) is 1.08. The van der Waals surface area contributed by atoms with Crippen molar-refractivity contribution < 1.29 is 18.3 Å². The number of hydrogen-bond acceptors (Lipinski definition) is 5. The van der Waals surface area contributed by atoms with Crippen molar-refractivity contribution in [3.8, 4) is 0 Å². The molecule has 0 saturated carbocycles. The number of carbonyl (C=O) groups is 1. The van der Waals surface area contributed by atoms with Crippen LogP contribution < -0.4 is 10.6 Å². The number of benzene rings is 1. The Hall–Kier alpha value is -0.860. The molecule has 1 aromatic rings. The summed E-state index contributed by atoms with van der Waals surface area (Å²) in [4.78, 5) is 12.5. The van der Waals surface area contributed by atoms with Crippen molar-refractivity contribution in [3.63, 3.8) is 0 Å². The third-order valence-electron chi connectivity index (χ3n) is 4.22. The SMILES string of the molecule is CS(=O)(=O)C1(C(=O)NCC(O)c2cccc(Cl)c2)CCNCC1.Cl. The Morgan fingerprint density at radius 3 is 2.58 bits per heavy atom. The minimum absolute atomic E-state index is 0. The summed E-state index contributed by atoms with van der Waals surface area (Å²) < 4.78 is 22.9. The fraction of sp³-hybridized carbons (Fsp3) is 0.533. The van der Waals surface area contributed by atoms with Crippen molar-refractivity contribution in [2.45, 2.75) is 23.7 Å². The first-order valence-corrected chi connectivity index (χ1v) is 9.65. The summed E-state index contributed by atoms with van der Waals surface area (Å²) in [6, 6.07) is 6.69. The lowest BCUT2D eigenvalue weighted by molar-refractivity contribution is -0.124.